The molecule has 0 N–H and O–H groups in total. The van der Waals surface area contributed by atoms with Gasteiger partial charge in [0.15, 0.2) is 0 Å². The largest absolute Gasteiger partial charge is 0.433 e. The molecule has 0 fully saturated rings. The van der Waals surface area contributed by atoms with Crippen LogP contribution in [0.5, 0.6) is 0 Å². The van der Waals surface area contributed by atoms with Gasteiger partial charge in [-0.25, -0.2) is 4.98 Å². The molecule has 1 aromatic heterocycles. The summed E-state index contributed by atoms with van der Waals surface area (Å²) in [7, 11) is 0. The number of benzene rings is 1. The highest BCUT2D eigenvalue weighted by molar-refractivity contribution is 5.74. The first-order chi connectivity index (χ1) is 9.90. The van der Waals surface area contributed by atoms with Gasteiger partial charge in [0.25, 0.3) is 0 Å². The maximum atomic E-state index is 12.6. The summed E-state index contributed by atoms with van der Waals surface area (Å²) in [6, 6.07) is 9.64. The first-order valence-electron chi connectivity index (χ1n) is 6.35. The van der Waals surface area contributed by atoms with Gasteiger partial charge in [0.2, 0.25) is 0 Å². The second-order valence-corrected chi connectivity index (χ2v) is 4.62. The maximum Gasteiger partial charge on any atom is 0.433 e. The zero-order valence-corrected chi connectivity index (χ0v) is 11.5. The highest BCUT2D eigenvalue weighted by atomic mass is 19.4. The Labute approximate surface area is 121 Å². The Balaban J connectivity index is 2.32. The van der Waals surface area contributed by atoms with Crippen LogP contribution >= 0.6 is 0 Å². The van der Waals surface area contributed by atoms with Crippen molar-refractivity contribution in [3.8, 4) is 0 Å². The Morgan fingerprint density at radius 3 is 2.48 bits per heavy atom. The van der Waals surface area contributed by atoms with Crippen molar-refractivity contribution in [3.05, 3.63) is 71.1 Å². The van der Waals surface area contributed by atoms with Crippen molar-refractivity contribution in [1.82, 2.24) is 4.98 Å². The average molecular weight is 289 g/mol. The van der Waals surface area contributed by atoms with Crippen molar-refractivity contribution < 1.29 is 13.2 Å². The summed E-state index contributed by atoms with van der Waals surface area (Å²) in [4.78, 5) is 3.59. The highest BCUT2D eigenvalue weighted by Gasteiger charge is 2.32. The predicted octanol–water partition coefficient (Wildman–Crippen LogP) is 5.22. The van der Waals surface area contributed by atoms with Crippen molar-refractivity contribution in [2.24, 2.45) is 0 Å². The number of aryl methyl sites for hydroxylation is 1. The van der Waals surface area contributed by atoms with Gasteiger partial charge in [0, 0.05) is 0 Å². The summed E-state index contributed by atoms with van der Waals surface area (Å²) in [6.07, 6.45) is 0.581. The number of aromatic nitrogens is 1. The third-order valence-electron chi connectivity index (χ3n) is 2.96. The molecule has 21 heavy (non-hydrogen) atoms. The molecule has 0 radical (unpaired) electrons. The minimum Gasteiger partial charge on any atom is -0.244 e. The van der Waals surface area contributed by atoms with Gasteiger partial charge in [0.1, 0.15) is 5.69 Å². The second-order valence-electron chi connectivity index (χ2n) is 4.62. The third kappa shape index (κ3) is 3.81. The lowest BCUT2D eigenvalue weighted by molar-refractivity contribution is -0.141. The molecule has 0 aliphatic heterocycles. The van der Waals surface area contributed by atoms with E-state index < -0.39 is 11.9 Å². The number of hydrogen-bond donors (Lipinski definition) is 0. The topological polar surface area (TPSA) is 12.9 Å². The van der Waals surface area contributed by atoms with Crippen LogP contribution in [0.4, 0.5) is 13.2 Å². The number of halogens is 3. The summed E-state index contributed by atoms with van der Waals surface area (Å²) in [5, 5.41) is 0. The molecule has 0 amide bonds. The molecule has 2 aromatic rings. The van der Waals surface area contributed by atoms with Crippen LogP contribution in [0.15, 0.2) is 43.0 Å². The zero-order valence-electron chi connectivity index (χ0n) is 11.5. The molecule has 0 unspecified atom stereocenters. The first kappa shape index (κ1) is 15.0. The minimum absolute atomic E-state index is 0.264. The molecule has 108 valence electrons. The van der Waals surface area contributed by atoms with Crippen molar-refractivity contribution in [3.63, 3.8) is 0 Å². The van der Waals surface area contributed by atoms with Gasteiger partial charge in [-0.05, 0) is 36.3 Å². The van der Waals surface area contributed by atoms with Gasteiger partial charge < -0.3 is 0 Å². The van der Waals surface area contributed by atoms with Crippen molar-refractivity contribution in [2.45, 2.75) is 13.1 Å². The molecule has 0 saturated heterocycles. The smallest absolute Gasteiger partial charge is 0.244 e. The second kappa shape index (κ2) is 5.95. The summed E-state index contributed by atoms with van der Waals surface area (Å²) in [5.74, 6) is 0. The van der Waals surface area contributed by atoms with Gasteiger partial charge in [0.05, 0.1) is 5.69 Å². The number of alkyl halides is 3. The van der Waals surface area contributed by atoms with E-state index in [1.807, 2.05) is 25.1 Å². The lowest BCUT2D eigenvalue weighted by Crippen LogP contribution is -2.07. The molecule has 1 aromatic carbocycles. The van der Waals surface area contributed by atoms with Gasteiger partial charge in [-0.15, -0.1) is 0 Å². The van der Waals surface area contributed by atoms with Crippen LogP contribution in [-0.2, 0) is 6.18 Å². The van der Waals surface area contributed by atoms with Gasteiger partial charge in [-0.2, -0.15) is 13.2 Å². The molecule has 1 nitrogen and oxygen atoms in total. The van der Waals surface area contributed by atoms with Crippen LogP contribution in [0.2, 0.25) is 0 Å². The van der Waals surface area contributed by atoms with Crippen molar-refractivity contribution >= 4 is 18.2 Å². The van der Waals surface area contributed by atoms with Crippen LogP contribution in [0, 0.1) is 6.92 Å². The Bertz CT molecular complexity index is 685. The molecule has 2 rings (SSSR count). The highest BCUT2D eigenvalue weighted by Crippen LogP contribution is 2.27. The Kier molecular flexibility index (Phi) is 4.26. The third-order valence-corrected chi connectivity index (χ3v) is 2.96. The van der Waals surface area contributed by atoms with E-state index in [0.717, 1.165) is 22.8 Å². The summed E-state index contributed by atoms with van der Waals surface area (Å²) < 4.78 is 37.8. The van der Waals surface area contributed by atoms with E-state index in [2.05, 4.69) is 11.6 Å². The molecule has 1 heterocycles. The summed E-state index contributed by atoms with van der Waals surface area (Å²) >= 11 is 0. The van der Waals surface area contributed by atoms with Crippen LogP contribution in [0.3, 0.4) is 0 Å². The van der Waals surface area contributed by atoms with Gasteiger partial charge in [-0.3, -0.25) is 0 Å². The molecule has 0 aliphatic carbocycles. The van der Waals surface area contributed by atoms with E-state index in [1.165, 1.54) is 12.1 Å². The number of pyridine rings is 1. The molecule has 0 bridgehead atoms. The van der Waals surface area contributed by atoms with E-state index in [0.29, 0.717) is 0 Å². The molecule has 0 spiro atoms. The minimum atomic E-state index is -4.43. The number of nitrogens with zero attached hydrogens (tertiary/aromatic N) is 1. The molecule has 4 heteroatoms. The van der Waals surface area contributed by atoms with Crippen LogP contribution in [0.25, 0.3) is 18.2 Å². The molecule has 0 atom stereocenters. The number of rotatable bonds is 3. The fraction of sp³-hybridized carbons (Fsp3) is 0.118. The van der Waals surface area contributed by atoms with Crippen molar-refractivity contribution in [2.75, 3.05) is 0 Å². The van der Waals surface area contributed by atoms with E-state index >= 15 is 0 Å². The average Bonchev–Trinajstić information content (AvgIpc) is 2.45. The van der Waals surface area contributed by atoms with Crippen LogP contribution in [-0.4, -0.2) is 4.98 Å². The first-order valence-corrected chi connectivity index (χ1v) is 6.35. The number of hydrogen-bond acceptors (Lipinski definition) is 1. The zero-order chi connectivity index (χ0) is 15.5. The van der Waals surface area contributed by atoms with Gasteiger partial charge in [-0.1, -0.05) is 48.6 Å². The lowest BCUT2D eigenvalue weighted by Gasteiger charge is -2.06. The van der Waals surface area contributed by atoms with E-state index in [1.54, 1.807) is 18.2 Å². The molecular formula is C17H14F3N. The predicted molar refractivity (Wildman–Crippen MR) is 79.4 cm³/mol. The van der Waals surface area contributed by atoms with Crippen LogP contribution < -0.4 is 0 Å². The maximum absolute atomic E-state index is 12.6. The summed E-state index contributed by atoms with van der Waals surface area (Å²) in [5.41, 5.74) is 2.28. The van der Waals surface area contributed by atoms with E-state index in [9.17, 15) is 13.2 Å². The summed E-state index contributed by atoms with van der Waals surface area (Å²) in [6.45, 7) is 5.70. The monoisotopic (exact) mass is 289 g/mol. The SMILES string of the molecule is C=Cc1cc(C)ccc1/C=C/c1cccc(C(F)(F)F)n1. The lowest BCUT2D eigenvalue weighted by atomic mass is 10.0. The Morgan fingerprint density at radius 1 is 1.05 bits per heavy atom. The molecule has 0 saturated carbocycles. The van der Waals surface area contributed by atoms with E-state index in [4.69, 9.17) is 0 Å². The van der Waals surface area contributed by atoms with Crippen LogP contribution in [0.1, 0.15) is 28.1 Å². The van der Waals surface area contributed by atoms with E-state index in [-0.39, 0.29) is 5.69 Å². The standard InChI is InChI=1S/C17H14F3N/c1-3-13-11-12(2)7-8-14(13)9-10-15-5-4-6-16(21-15)17(18,19)20/h3-11H,1H2,2H3/b10-9+. The molecular weight excluding hydrogens is 275 g/mol. The van der Waals surface area contributed by atoms with Crippen molar-refractivity contribution in [1.29, 1.82) is 0 Å². The quantitative estimate of drug-likeness (QED) is 0.754. The fourth-order valence-electron chi connectivity index (χ4n) is 1.90. The Hall–Kier alpha value is -2.36. The fourth-order valence-corrected chi connectivity index (χ4v) is 1.90. The molecule has 0 aliphatic rings. The van der Waals surface area contributed by atoms with Gasteiger partial charge >= 0.3 is 6.18 Å². The normalized spacial score (nSPS) is 11.8. The Morgan fingerprint density at radius 2 is 1.81 bits per heavy atom.